The van der Waals surface area contributed by atoms with Crippen molar-refractivity contribution in [3.63, 3.8) is 0 Å². The number of hydrogen-bond donors (Lipinski definition) is 0. The molecule has 0 bridgehead atoms. The third-order valence-corrected chi connectivity index (χ3v) is 11.8. The van der Waals surface area contributed by atoms with Crippen LogP contribution in [0.3, 0.4) is 0 Å². The first-order chi connectivity index (χ1) is 7.35. The van der Waals surface area contributed by atoms with Crippen LogP contribution >= 0.6 is 0 Å². The van der Waals surface area contributed by atoms with E-state index in [0.717, 1.165) is 6.61 Å². The molecule has 15 heavy (non-hydrogen) atoms. The fourth-order valence-corrected chi connectivity index (χ4v) is 10.7. The average Bonchev–Trinajstić information content (AvgIpc) is 2.25. The Kier molecular flexibility index (Phi) is 14.5. The van der Waals surface area contributed by atoms with E-state index in [2.05, 4.69) is 19.9 Å². The van der Waals surface area contributed by atoms with Crippen LogP contribution in [0.15, 0.2) is 7.75 Å². The first kappa shape index (κ1) is 16.3. The van der Waals surface area contributed by atoms with Gasteiger partial charge in [0.15, 0.2) is 0 Å². The minimum absolute atomic E-state index is 0.184. The Morgan fingerprint density at radius 1 is 1.07 bits per heavy atom. The molecule has 0 saturated carbocycles. The van der Waals surface area contributed by atoms with Gasteiger partial charge in [0.2, 0.25) is 0 Å². The van der Waals surface area contributed by atoms with Crippen molar-refractivity contribution in [2.24, 2.45) is 0 Å². The topological polar surface area (TPSA) is 9.23 Å². The molecule has 0 aliphatic heterocycles. The number of methoxy groups -OCH3 is 1. The normalized spacial score (nSPS) is 10.3. The summed E-state index contributed by atoms with van der Waals surface area (Å²) in [6.07, 6.45) is 7.99. The van der Waals surface area contributed by atoms with Gasteiger partial charge >= 0.3 is 117 Å². The molecule has 0 fully saturated rings. The fraction of sp³-hybridized carbons (Fsp3) is 0.833. The molecule has 0 amide bonds. The number of hydrogen-bond acceptors (Lipinski definition) is 1. The SMILES string of the molecule is CCCC[Te]C(=CCOC)[Te]CCCC. The Labute approximate surface area is 116 Å². The van der Waals surface area contributed by atoms with Gasteiger partial charge in [0.1, 0.15) is 0 Å². The molecule has 0 aromatic heterocycles. The van der Waals surface area contributed by atoms with Gasteiger partial charge in [-0.3, -0.25) is 0 Å². The molecule has 0 aliphatic carbocycles. The van der Waals surface area contributed by atoms with Crippen LogP contribution in [0.1, 0.15) is 39.5 Å². The van der Waals surface area contributed by atoms with Crippen LogP contribution in [0.5, 0.6) is 0 Å². The van der Waals surface area contributed by atoms with E-state index >= 15 is 0 Å². The van der Waals surface area contributed by atoms with Gasteiger partial charge in [0.05, 0.1) is 0 Å². The second-order valence-corrected chi connectivity index (χ2v) is 12.4. The van der Waals surface area contributed by atoms with Gasteiger partial charge in [-0.05, 0) is 0 Å². The molecule has 3 heteroatoms. The van der Waals surface area contributed by atoms with E-state index in [1.165, 1.54) is 34.6 Å². The number of rotatable bonds is 10. The molecule has 0 saturated heterocycles. The average molecular weight is 440 g/mol. The van der Waals surface area contributed by atoms with Gasteiger partial charge in [-0.25, -0.2) is 0 Å². The standard InChI is InChI=1S/C12H24OTe2/c1-4-6-10-14-12(8-9-13-3)15-11-7-5-2/h8H,4-7,9-11H2,1-3H3. The molecule has 0 rings (SSSR count). The Hall–Kier alpha value is 1.28. The zero-order chi connectivity index (χ0) is 11.4. The Morgan fingerprint density at radius 3 is 2.00 bits per heavy atom. The van der Waals surface area contributed by atoms with E-state index in [4.69, 9.17) is 4.74 Å². The molecule has 1 nitrogen and oxygen atoms in total. The molecule has 0 N–H and O–H groups in total. The zero-order valence-corrected chi connectivity index (χ0v) is 14.9. The van der Waals surface area contributed by atoms with Gasteiger partial charge in [0, 0.05) is 0 Å². The van der Waals surface area contributed by atoms with E-state index in [-0.39, 0.29) is 41.8 Å². The van der Waals surface area contributed by atoms with Crippen LogP contribution in [-0.4, -0.2) is 55.6 Å². The van der Waals surface area contributed by atoms with Crippen molar-refractivity contribution in [3.05, 3.63) is 7.75 Å². The first-order valence-corrected chi connectivity index (χ1v) is 11.4. The summed E-state index contributed by atoms with van der Waals surface area (Å²) in [5.41, 5.74) is 0. The Bertz CT molecular complexity index is 146. The van der Waals surface area contributed by atoms with Crippen molar-refractivity contribution in [3.8, 4) is 0 Å². The van der Waals surface area contributed by atoms with Crippen LogP contribution in [0.25, 0.3) is 0 Å². The number of ether oxygens (including phenoxy) is 1. The molecule has 0 radical (unpaired) electrons. The summed E-state index contributed by atoms with van der Waals surface area (Å²) in [5.74, 6) is 0. The van der Waals surface area contributed by atoms with Crippen molar-refractivity contribution in [2.75, 3.05) is 13.7 Å². The van der Waals surface area contributed by atoms with E-state index in [9.17, 15) is 0 Å². The summed E-state index contributed by atoms with van der Waals surface area (Å²) in [7, 11) is 1.80. The van der Waals surface area contributed by atoms with Crippen LogP contribution in [0.4, 0.5) is 0 Å². The van der Waals surface area contributed by atoms with Crippen molar-refractivity contribution in [1.82, 2.24) is 0 Å². The fourth-order valence-electron chi connectivity index (χ4n) is 0.945. The maximum atomic E-state index is 5.15. The molecule has 0 unspecified atom stereocenters. The molecule has 90 valence electrons. The quantitative estimate of drug-likeness (QED) is 0.375. The first-order valence-electron chi connectivity index (χ1n) is 5.79. The second-order valence-electron chi connectivity index (χ2n) is 3.38. The predicted octanol–water partition coefficient (Wildman–Crippen LogP) is 3.32. The summed E-state index contributed by atoms with van der Waals surface area (Å²) >= 11 is 0.367. The van der Waals surface area contributed by atoms with Gasteiger partial charge in [-0.2, -0.15) is 0 Å². The van der Waals surface area contributed by atoms with Gasteiger partial charge in [-0.1, -0.05) is 0 Å². The van der Waals surface area contributed by atoms with Gasteiger partial charge < -0.3 is 0 Å². The van der Waals surface area contributed by atoms with Crippen LogP contribution in [-0.2, 0) is 4.74 Å². The maximum absolute atomic E-state index is 5.15. The van der Waals surface area contributed by atoms with E-state index in [1.807, 2.05) is 1.67 Å². The molecule has 0 aliphatic rings. The third-order valence-electron chi connectivity index (χ3n) is 1.90. The van der Waals surface area contributed by atoms with E-state index in [0.29, 0.717) is 0 Å². The van der Waals surface area contributed by atoms with E-state index < -0.39 is 0 Å². The van der Waals surface area contributed by atoms with Crippen molar-refractivity contribution >= 4 is 41.8 Å². The summed E-state index contributed by atoms with van der Waals surface area (Å²) in [4.78, 5) is 0. The molecule has 0 aromatic carbocycles. The molecule has 0 heterocycles. The van der Waals surface area contributed by atoms with Crippen molar-refractivity contribution in [1.29, 1.82) is 0 Å². The van der Waals surface area contributed by atoms with Crippen molar-refractivity contribution < 1.29 is 4.74 Å². The second kappa shape index (κ2) is 13.3. The van der Waals surface area contributed by atoms with Gasteiger partial charge in [0.25, 0.3) is 0 Å². The summed E-state index contributed by atoms with van der Waals surface area (Å²) < 4.78 is 10.0. The minimum atomic E-state index is 0.184. The molecule has 0 aromatic rings. The Balaban J connectivity index is 3.73. The Morgan fingerprint density at radius 2 is 1.60 bits per heavy atom. The monoisotopic (exact) mass is 444 g/mol. The van der Waals surface area contributed by atoms with Crippen LogP contribution < -0.4 is 0 Å². The summed E-state index contributed by atoms with van der Waals surface area (Å²) in [6.45, 7) is 5.43. The third kappa shape index (κ3) is 11.5. The molecular formula is C12H24OTe2. The number of unbranched alkanes of at least 4 members (excludes halogenated alkanes) is 2. The molecule has 0 atom stereocenters. The summed E-state index contributed by atoms with van der Waals surface area (Å²) in [5, 5.41) is 0. The predicted molar refractivity (Wildman–Crippen MR) is 70.9 cm³/mol. The van der Waals surface area contributed by atoms with Crippen LogP contribution in [0, 0.1) is 0 Å². The molecule has 0 spiro atoms. The van der Waals surface area contributed by atoms with E-state index in [1.54, 1.807) is 7.11 Å². The zero-order valence-electron chi connectivity index (χ0n) is 10.3. The van der Waals surface area contributed by atoms with Gasteiger partial charge in [-0.15, -0.1) is 0 Å². The van der Waals surface area contributed by atoms with Crippen LogP contribution in [0.2, 0.25) is 8.94 Å². The van der Waals surface area contributed by atoms with Crippen molar-refractivity contribution in [2.45, 2.75) is 48.5 Å². The summed E-state index contributed by atoms with van der Waals surface area (Å²) in [6, 6.07) is 0. The molecular weight excluding hydrogens is 415 g/mol.